The summed E-state index contributed by atoms with van der Waals surface area (Å²) in [6.45, 7) is 9.00. The lowest BCUT2D eigenvalue weighted by Crippen LogP contribution is -2.35. The van der Waals surface area contributed by atoms with Crippen LogP contribution in [0.5, 0.6) is 0 Å². The maximum Gasteiger partial charge on any atom is 0.150 e. The first-order valence-electron chi connectivity index (χ1n) is 6.10. The van der Waals surface area contributed by atoms with E-state index in [-0.39, 0.29) is 12.6 Å². The minimum absolute atomic E-state index is 0.111. The second kappa shape index (κ2) is 5.40. The van der Waals surface area contributed by atoms with Gasteiger partial charge >= 0.3 is 0 Å². The monoisotopic (exact) mass is 240 g/mol. The van der Waals surface area contributed by atoms with Crippen molar-refractivity contribution in [1.29, 1.82) is 0 Å². The molecule has 0 aliphatic carbocycles. The number of nitrogens with two attached hydrogens (primary N) is 1. The molecule has 17 heavy (non-hydrogen) atoms. The molecule has 0 saturated carbocycles. The van der Waals surface area contributed by atoms with Gasteiger partial charge in [-0.15, -0.1) is 0 Å². The van der Waals surface area contributed by atoms with Gasteiger partial charge in [-0.3, -0.25) is 4.68 Å². The van der Waals surface area contributed by atoms with E-state index in [2.05, 4.69) is 37.7 Å². The van der Waals surface area contributed by atoms with Gasteiger partial charge in [-0.2, -0.15) is 5.10 Å². The fraction of sp³-hybridized carbons (Fsp3) is 0.750. The van der Waals surface area contributed by atoms with Gasteiger partial charge < -0.3 is 15.7 Å². The number of nitrogens with zero attached hydrogens (tertiary/aromatic N) is 3. The highest BCUT2D eigenvalue weighted by Gasteiger charge is 2.22. The maximum absolute atomic E-state index is 9.13. The van der Waals surface area contributed by atoms with Gasteiger partial charge in [0.05, 0.1) is 18.0 Å². The van der Waals surface area contributed by atoms with Gasteiger partial charge in [-0.05, 0) is 19.8 Å². The Bertz CT molecular complexity index is 371. The van der Waals surface area contributed by atoms with Crippen LogP contribution in [0.15, 0.2) is 0 Å². The number of aryl methyl sites for hydroxylation is 1. The van der Waals surface area contributed by atoms with Crippen LogP contribution in [-0.4, -0.2) is 34.1 Å². The fourth-order valence-electron chi connectivity index (χ4n) is 2.04. The number of nitrogen functional groups attached to an aromatic ring is 1. The molecule has 1 aromatic heterocycles. The largest absolute Gasteiger partial charge is 0.395 e. The highest BCUT2D eigenvalue weighted by Crippen LogP contribution is 2.31. The second-order valence-electron chi connectivity index (χ2n) is 4.91. The summed E-state index contributed by atoms with van der Waals surface area (Å²) in [4.78, 5) is 2.08. The van der Waals surface area contributed by atoms with E-state index in [9.17, 15) is 0 Å². The van der Waals surface area contributed by atoms with Crippen LogP contribution in [0.2, 0.25) is 0 Å². The predicted molar refractivity (Wildman–Crippen MR) is 71.3 cm³/mol. The van der Waals surface area contributed by atoms with Gasteiger partial charge in [-0.25, -0.2) is 0 Å². The van der Waals surface area contributed by atoms with Crippen LogP contribution < -0.4 is 10.6 Å². The molecule has 5 nitrogen and oxygen atoms in total. The van der Waals surface area contributed by atoms with E-state index < -0.39 is 0 Å². The van der Waals surface area contributed by atoms with Crippen molar-refractivity contribution in [3.63, 3.8) is 0 Å². The molecule has 1 rings (SSSR count). The van der Waals surface area contributed by atoms with Crippen molar-refractivity contribution in [2.75, 3.05) is 23.8 Å². The fourth-order valence-corrected chi connectivity index (χ4v) is 2.04. The van der Waals surface area contributed by atoms with Crippen LogP contribution >= 0.6 is 0 Å². The molecule has 5 heteroatoms. The lowest BCUT2D eigenvalue weighted by atomic mass is 10.1. The summed E-state index contributed by atoms with van der Waals surface area (Å²) in [6.07, 6.45) is 0. The first-order valence-corrected chi connectivity index (χ1v) is 6.10. The molecule has 0 unspecified atom stereocenters. The van der Waals surface area contributed by atoms with Gasteiger partial charge in [0.1, 0.15) is 0 Å². The minimum atomic E-state index is 0.111. The molecular formula is C12H24N4O. The summed E-state index contributed by atoms with van der Waals surface area (Å²) in [7, 11) is 1.89. The third-order valence-electron chi connectivity index (χ3n) is 2.86. The van der Waals surface area contributed by atoms with E-state index in [1.807, 2.05) is 7.05 Å². The summed E-state index contributed by atoms with van der Waals surface area (Å²) in [6, 6.07) is 0.278. The van der Waals surface area contributed by atoms with Crippen LogP contribution in [-0.2, 0) is 7.05 Å². The van der Waals surface area contributed by atoms with Gasteiger partial charge in [0.25, 0.3) is 0 Å². The summed E-state index contributed by atoms with van der Waals surface area (Å²) >= 11 is 0. The second-order valence-corrected chi connectivity index (χ2v) is 4.91. The third-order valence-corrected chi connectivity index (χ3v) is 2.86. The average molecular weight is 240 g/mol. The molecule has 0 radical (unpaired) electrons. The molecule has 98 valence electrons. The lowest BCUT2D eigenvalue weighted by molar-refractivity contribution is 0.298. The molecule has 1 aromatic rings. The van der Waals surface area contributed by atoms with Crippen LogP contribution in [0.1, 0.15) is 39.3 Å². The Morgan fingerprint density at radius 3 is 2.29 bits per heavy atom. The van der Waals surface area contributed by atoms with Crippen molar-refractivity contribution in [2.45, 2.75) is 39.7 Å². The van der Waals surface area contributed by atoms with E-state index in [0.29, 0.717) is 12.5 Å². The Hall–Kier alpha value is -1.23. The van der Waals surface area contributed by atoms with Crippen molar-refractivity contribution < 1.29 is 5.11 Å². The van der Waals surface area contributed by atoms with E-state index in [4.69, 9.17) is 10.8 Å². The molecular weight excluding hydrogens is 216 g/mol. The van der Waals surface area contributed by atoms with E-state index in [1.165, 1.54) is 0 Å². The van der Waals surface area contributed by atoms with Gasteiger partial charge in [0.15, 0.2) is 5.82 Å². The lowest BCUT2D eigenvalue weighted by Gasteiger charge is -2.28. The number of hydrogen-bond acceptors (Lipinski definition) is 4. The van der Waals surface area contributed by atoms with Crippen LogP contribution in [0.4, 0.5) is 11.5 Å². The number of hydrogen-bond donors (Lipinski definition) is 2. The Labute approximate surface area is 103 Å². The summed E-state index contributed by atoms with van der Waals surface area (Å²) in [5.74, 6) is 1.20. The molecule has 0 spiro atoms. The molecule has 0 saturated heterocycles. The van der Waals surface area contributed by atoms with Crippen molar-refractivity contribution >= 4 is 11.5 Å². The predicted octanol–water partition coefficient (Wildman–Crippen LogP) is 1.33. The molecule has 0 aliphatic rings. The van der Waals surface area contributed by atoms with E-state index in [0.717, 1.165) is 17.2 Å². The molecule has 0 atom stereocenters. The Morgan fingerprint density at radius 1 is 1.35 bits per heavy atom. The number of aliphatic hydroxyl groups excluding tert-OH is 1. The minimum Gasteiger partial charge on any atom is -0.395 e. The number of aliphatic hydroxyl groups is 1. The van der Waals surface area contributed by atoms with Gasteiger partial charge in [0.2, 0.25) is 0 Å². The van der Waals surface area contributed by atoms with Gasteiger partial charge in [-0.1, -0.05) is 13.8 Å². The topological polar surface area (TPSA) is 67.3 Å². The summed E-state index contributed by atoms with van der Waals surface area (Å²) in [5.41, 5.74) is 7.82. The molecule has 0 aromatic carbocycles. The van der Waals surface area contributed by atoms with Gasteiger partial charge in [0, 0.05) is 19.6 Å². The van der Waals surface area contributed by atoms with Crippen molar-refractivity contribution in [3.05, 3.63) is 5.69 Å². The average Bonchev–Trinajstić information content (AvgIpc) is 2.51. The molecule has 3 N–H and O–H groups in total. The molecule has 0 bridgehead atoms. The van der Waals surface area contributed by atoms with Crippen LogP contribution in [0.3, 0.4) is 0 Å². The first kappa shape index (κ1) is 13.8. The highest BCUT2D eigenvalue weighted by molar-refractivity contribution is 5.67. The first-order chi connectivity index (χ1) is 7.90. The van der Waals surface area contributed by atoms with Crippen LogP contribution in [0, 0.1) is 0 Å². The molecule has 0 aliphatic heterocycles. The number of aromatic nitrogens is 2. The normalized spacial score (nSPS) is 11.5. The van der Waals surface area contributed by atoms with Crippen molar-refractivity contribution in [3.8, 4) is 0 Å². The van der Waals surface area contributed by atoms with Crippen molar-refractivity contribution in [2.24, 2.45) is 7.05 Å². The zero-order valence-corrected chi connectivity index (χ0v) is 11.4. The quantitative estimate of drug-likeness (QED) is 0.815. The smallest absolute Gasteiger partial charge is 0.150 e. The molecule has 0 amide bonds. The zero-order chi connectivity index (χ0) is 13.2. The van der Waals surface area contributed by atoms with Crippen LogP contribution in [0.25, 0.3) is 0 Å². The van der Waals surface area contributed by atoms with E-state index in [1.54, 1.807) is 4.68 Å². The zero-order valence-electron chi connectivity index (χ0n) is 11.4. The number of rotatable bonds is 5. The SMILES string of the molecule is CC(C)c1nn(C)c(N(CCO)C(C)C)c1N. The Morgan fingerprint density at radius 2 is 1.94 bits per heavy atom. The van der Waals surface area contributed by atoms with E-state index >= 15 is 0 Å². The summed E-state index contributed by atoms with van der Waals surface area (Å²) in [5, 5.41) is 13.6. The summed E-state index contributed by atoms with van der Waals surface area (Å²) < 4.78 is 1.81. The number of anilines is 2. The Kier molecular flexibility index (Phi) is 4.40. The molecule has 1 heterocycles. The molecule has 0 fully saturated rings. The Balaban J connectivity index is 3.19. The highest BCUT2D eigenvalue weighted by atomic mass is 16.3. The standard InChI is InChI=1S/C12H24N4O/c1-8(2)11-10(13)12(15(5)14-11)16(6-7-17)9(3)4/h8-9,17H,6-7,13H2,1-5H3. The third kappa shape index (κ3) is 2.72. The van der Waals surface area contributed by atoms with Crippen molar-refractivity contribution in [1.82, 2.24) is 9.78 Å². The maximum atomic E-state index is 9.13.